The maximum atomic E-state index is 15.1. The van der Waals surface area contributed by atoms with Crippen LogP contribution in [0.25, 0.3) is 12.2 Å². The molecule has 0 aliphatic heterocycles. The second-order valence-corrected chi connectivity index (χ2v) is 10.7. The first-order valence-electron chi connectivity index (χ1n) is 14.6. The van der Waals surface area contributed by atoms with E-state index in [1.807, 2.05) is 13.8 Å². The number of ether oxygens (including phenoxy) is 2. The lowest BCUT2D eigenvalue weighted by molar-refractivity contribution is 0.286. The van der Waals surface area contributed by atoms with Crippen LogP contribution in [0.4, 0.5) is 26.3 Å². The molecule has 0 saturated heterocycles. The summed E-state index contributed by atoms with van der Waals surface area (Å²) in [7, 11) is 0. The van der Waals surface area contributed by atoms with Crippen LogP contribution in [0.15, 0.2) is 36.4 Å². The van der Waals surface area contributed by atoms with Crippen LogP contribution >= 0.6 is 0 Å². The molecule has 0 heterocycles. The normalized spacial score (nSPS) is 17.1. The molecule has 8 heteroatoms. The summed E-state index contributed by atoms with van der Waals surface area (Å²) >= 11 is 0. The molecule has 0 atom stereocenters. The van der Waals surface area contributed by atoms with Gasteiger partial charge in [-0.15, -0.1) is 0 Å². The van der Waals surface area contributed by atoms with E-state index in [9.17, 15) is 17.6 Å². The maximum absolute atomic E-state index is 15.1. The third-order valence-corrected chi connectivity index (χ3v) is 7.86. The van der Waals surface area contributed by atoms with Crippen molar-refractivity contribution in [1.29, 1.82) is 0 Å². The number of hydrogen-bond acceptors (Lipinski definition) is 2. The lowest BCUT2D eigenvalue weighted by Crippen LogP contribution is -2.15. The van der Waals surface area contributed by atoms with Crippen LogP contribution in [0.3, 0.4) is 0 Å². The molecule has 4 rings (SSSR count). The minimum atomic E-state index is -1.13. The van der Waals surface area contributed by atoms with Gasteiger partial charge in [-0.1, -0.05) is 57.0 Å². The van der Waals surface area contributed by atoms with Gasteiger partial charge in [-0.25, -0.2) is 17.6 Å². The molecule has 1 aliphatic carbocycles. The first-order chi connectivity index (χ1) is 20.3. The van der Waals surface area contributed by atoms with Gasteiger partial charge >= 0.3 is 0 Å². The van der Waals surface area contributed by atoms with Crippen molar-refractivity contribution in [2.24, 2.45) is 0 Å². The van der Waals surface area contributed by atoms with E-state index in [4.69, 9.17) is 9.47 Å². The average Bonchev–Trinajstić information content (AvgIpc) is 2.99. The van der Waals surface area contributed by atoms with Crippen molar-refractivity contribution in [2.45, 2.75) is 77.0 Å². The van der Waals surface area contributed by atoms with Crippen molar-refractivity contribution >= 4 is 12.2 Å². The largest absolute Gasteiger partial charge is 0.490 e. The van der Waals surface area contributed by atoms with Gasteiger partial charge in [0.25, 0.3) is 0 Å². The van der Waals surface area contributed by atoms with Crippen molar-refractivity contribution < 1.29 is 35.8 Å². The van der Waals surface area contributed by atoms with Crippen molar-refractivity contribution in [3.63, 3.8) is 0 Å². The Balaban J connectivity index is 1.42. The van der Waals surface area contributed by atoms with Gasteiger partial charge in [0, 0.05) is 11.1 Å². The minimum Gasteiger partial charge on any atom is -0.490 e. The van der Waals surface area contributed by atoms with Crippen LogP contribution in [0.1, 0.15) is 99.3 Å². The number of halogens is 6. The molecule has 0 N–H and O–H groups in total. The summed E-state index contributed by atoms with van der Waals surface area (Å²) in [6.45, 7) is 4.50. The van der Waals surface area contributed by atoms with Crippen LogP contribution < -0.4 is 9.47 Å². The van der Waals surface area contributed by atoms with Gasteiger partial charge < -0.3 is 9.47 Å². The van der Waals surface area contributed by atoms with Crippen LogP contribution in [-0.4, -0.2) is 13.2 Å². The Morgan fingerprint density at radius 3 is 1.43 bits per heavy atom. The highest BCUT2D eigenvalue weighted by Crippen LogP contribution is 2.43. The number of hydrogen-bond donors (Lipinski definition) is 0. The van der Waals surface area contributed by atoms with E-state index in [0.717, 1.165) is 19.3 Å². The molecule has 1 fully saturated rings. The van der Waals surface area contributed by atoms with Gasteiger partial charge in [-0.05, 0) is 79.7 Å². The zero-order valence-electron chi connectivity index (χ0n) is 23.9. The molecule has 0 amide bonds. The van der Waals surface area contributed by atoms with Crippen LogP contribution in [0.5, 0.6) is 11.5 Å². The SMILES string of the molecule is CCCCOc1ccc(/C=C/c2ccc(C3CCC(c4ccc(OCCCC)c(F)c4F)CC3)c(F)c2F)c(F)c1F. The van der Waals surface area contributed by atoms with Crippen molar-refractivity contribution in [3.8, 4) is 11.5 Å². The quantitative estimate of drug-likeness (QED) is 0.119. The van der Waals surface area contributed by atoms with Crippen LogP contribution in [0.2, 0.25) is 0 Å². The van der Waals surface area contributed by atoms with E-state index >= 15 is 8.78 Å². The van der Waals surface area contributed by atoms with Crippen LogP contribution in [-0.2, 0) is 0 Å². The predicted octanol–water partition coefficient (Wildman–Crippen LogP) is 10.5. The van der Waals surface area contributed by atoms with Gasteiger partial charge in [-0.2, -0.15) is 8.78 Å². The van der Waals surface area contributed by atoms with Gasteiger partial charge in [0.15, 0.2) is 34.8 Å². The van der Waals surface area contributed by atoms with Gasteiger partial charge in [0.05, 0.1) is 13.2 Å². The Hall–Kier alpha value is -3.42. The van der Waals surface area contributed by atoms with E-state index in [-0.39, 0.29) is 52.2 Å². The lowest BCUT2D eigenvalue weighted by Gasteiger charge is -2.30. The highest BCUT2D eigenvalue weighted by atomic mass is 19.2. The molecular formula is C34H36F6O2. The summed E-state index contributed by atoms with van der Waals surface area (Å²) in [5, 5.41) is 0. The monoisotopic (exact) mass is 590 g/mol. The van der Waals surface area contributed by atoms with E-state index < -0.39 is 34.9 Å². The van der Waals surface area contributed by atoms with E-state index in [0.29, 0.717) is 38.7 Å². The molecule has 0 unspecified atom stereocenters. The van der Waals surface area contributed by atoms with Crippen molar-refractivity contribution in [3.05, 3.63) is 93.6 Å². The number of benzene rings is 3. The van der Waals surface area contributed by atoms with Crippen LogP contribution in [0, 0.1) is 34.9 Å². The summed E-state index contributed by atoms with van der Waals surface area (Å²) in [6.07, 6.45) is 7.47. The number of unbranched alkanes of at least 4 members (excludes halogenated alkanes) is 2. The summed E-state index contributed by atoms with van der Waals surface area (Å²) in [6, 6.07) is 8.52. The van der Waals surface area contributed by atoms with Crippen molar-refractivity contribution in [1.82, 2.24) is 0 Å². The first kappa shape index (κ1) is 31.5. The smallest absolute Gasteiger partial charge is 0.201 e. The fourth-order valence-electron chi connectivity index (χ4n) is 5.33. The molecule has 0 bridgehead atoms. The van der Waals surface area contributed by atoms with E-state index in [1.54, 1.807) is 6.07 Å². The predicted molar refractivity (Wildman–Crippen MR) is 153 cm³/mol. The summed E-state index contributed by atoms with van der Waals surface area (Å²) in [4.78, 5) is 0. The van der Waals surface area contributed by atoms with Gasteiger partial charge in [-0.3, -0.25) is 0 Å². The summed E-state index contributed by atoms with van der Waals surface area (Å²) < 4.78 is 99.0. The molecule has 226 valence electrons. The highest BCUT2D eigenvalue weighted by Gasteiger charge is 2.29. The fourth-order valence-corrected chi connectivity index (χ4v) is 5.33. The molecule has 2 nitrogen and oxygen atoms in total. The molecule has 0 radical (unpaired) electrons. The molecule has 0 spiro atoms. The molecule has 3 aromatic carbocycles. The Labute approximate surface area is 243 Å². The fraction of sp³-hybridized carbons (Fsp3) is 0.412. The average molecular weight is 591 g/mol. The molecule has 1 saturated carbocycles. The maximum Gasteiger partial charge on any atom is 0.201 e. The first-order valence-corrected chi connectivity index (χ1v) is 14.6. The third kappa shape index (κ3) is 7.13. The molecular weight excluding hydrogens is 554 g/mol. The summed E-state index contributed by atoms with van der Waals surface area (Å²) in [5.74, 6) is -7.11. The molecule has 42 heavy (non-hydrogen) atoms. The zero-order valence-corrected chi connectivity index (χ0v) is 23.9. The second kappa shape index (κ2) is 14.7. The molecule has 0 aromatic heterocycles. The van der Waals surface area contributed by atoms with E-state index in [2.05, 4.69) is 0 Å². The van der Waals surface area contributed by atoms with Crippen molar-refractivity contribution in [2.75, 3.05) is 13.2 Å². The van der Waals surface area contributed by atoms with Gasteiger partial charge in [0.1, 0.15) is 0 Å². The topological polar surface area (TPSA) is 18.5 Å². The number of rotatable bonds is 12. The van der Waals surface area contributed by atoms with Gasteiger partial charge in [0.2, 0.25) is 11.6 Å². The Morgan fingerprint density at radius 2 is 0.929 bits per heavy atom. The summed E-state index contributed by atoms with van der Waals surface area (Å²) in [5.41, 5.74) is 0.249. The van der Waals surface area contributed by atoms with E-state index in [1.165, 1.54) is 42.5 Å². The standard InChI is InChI=1S/C34H36F6O2/c1-3-5-19-41-27-17-14-24(30(36)33(27)39)12-11-23-13-15-25(31(37)29(23)35)21-7-9-22(10-8-21)26-16-18-28(34(40)32(26)38)42-20-6-4-2/h11-18,21-22H,3-10,19-20H2,1-2H3/b12-11+. The minimum absolute atomic E-state index is 0.105. The Bertz CT molecular complexity index is 1400. The second-order valence-electron chi connectivity index (χ2n) is 10.7. The molecule has 1 aliphatic rings. The Morgan fingerprint density at radius 1 is 0.548 bits per heavy atom. The Kier molecular flexibility index (Phi) is 11.0. The third-order valence-electron chi connectivity index (χ3n) is 7.86. The molecule has 3 aromatic rings. The lowest BCUT2D eigenvalue weighted by atomic mass is 9.75. The highest BCUT2D eigenvalue weighted by molar-refractivity contribution is 5.70. The zero-order chi connectivity index (χ0) is 30.2.